The molecule has 1 aromatic carbocycles. The molecule has 1 aromatic rings. The number of carboxylic acids is 1. The molecule has 0 aromatic heterocycles. The zero-order valence-electron chi connectivity index (χ0n) is 12.8. The number of hydrogen-bond acceptors (Lipinski definition) is 4. The molecule has 0 saturated carbocycles. The molecule has 0 unspecified atom stereocenters. The summed E-state index contributed by atoms with van der Waals surface area (Å²) >= 11 is 0. The van der Waals surface area contributed by atoms with E-state index < -0.39 is 36.0 Å². The Morgan fingerprint density at radius 2 is 1.77 bits per heavy atom. The molecule has 120 valence electrons. The largest absolute Gasteiger partial charge is 0.480 e. The molecule has 0 spiro atoms. The maximum absolute atomic E-state index is 12.4. The summed E-state index contributed by atoms with van der Waals surface area (Å²) in [7, 11) is 0. The van der Waals surface area contributed by atoms with Crippen molar-refractivity contribution in [2.45, 2.75) is 38.8 Å². The van der Waals surface area contributed by atoms with Gasteiger partial charge in [-0.3, -0.25) is 9.69 Å². The van der Waals surface area contributed by atoms with Crippen LogP contribution in [-0.2, 0) is 14.3 Å². The van der Waals surface area contributed by atoms with Crippen molar-refractivity contribution in [3.05, 3.63) is 30.3 Å². The highest BCUT2D eigenvalue weighted by Crippen LogP contribution is 2.22. The minimum Gasteiger partial charge on any atom is -0.480 e. The molecule has 0 saturated heterocycles. The number of para-hydroxylation sites is 1. The molecule has 0 radical (unpaired) electrons. The highest BCUT2D eigenvalue weighted by molar-refractivity contribution is 5.97. The molecular formula is C15H20N2O5. The minimum absolute atomic E-state index is 0.311. The van der Waals surface area contributed by atoms with E-state index in [1.54, 1.807) is 51.1 Å². The van der Waals surface area contributed by atoms with Crippen molar-refractivity contribution in [1.29, 1.82) is 0 Å². The molecule has 7 nitrogen and oxygen atoms in total. The number of benzene rings is 1. The van der Waals surface area contributed by atoms with Gasteiger partial charge in [0, 0.05) is 5.69 Å². The molecule has 0 aliphatic heterocycles. The lowest BCUT2D eigenvalue weighted by atomic mass is 10.1. The Morgan fingerprint density at radius 1 is 1.23 bits per heavy atom. The molecule has 0 heterocycles. The summed E-state index contributed by atoms with van der Waals surface area (Å²) in [6.07, 6.45) is -1.36. The molecule has 1 atom stereocenters. The first kappa shape index (κ1) is 17.5. The molecule has 2 amide bonds. The van der Waals surface area contributed by atoms with Crippen LogP contribution in [0.25, 0.3) is 0 Å². The number of amides is 2. The third kappa shape index (κ3) is 5.08. The van der Waals surface area contributed by atoms with Gasteiger partial charge in [0.15, 0.2) is 0 Å². The van der Waals surface area contributed by atoms with E-state index in [0.29, 0.717) is 5.69 Å². The summed E-state index contributed by atoms with van der Waals surface area (Å²) in [4.78, 5) is 35.9. The van der Waals surface area contributed by atoms with Gasteiger partial charge in [0.05, 0.1) is 6.42 Å². The van der Waals surface area contributed by atoms with E-state index in [1.165, 1.54) is 0 Å². The molecule has 0 bridgehead atoms. The van der Waals surface area contributed by atoms with Crippen molar-refractivity contribution in [2.75, 3.05) is 4.90 Å². The first-order valence-corrected chi connectivity index (χ1v) is 6.70. The highest BCUT2D eigenvalue weighted by Gasteiger charge is 2.35. The number of aliphatic carboxylic acids is 1. The second-order valence-electron chi connectivity index (χ2n) is 5.71. The average Bonchev–Trinajstić information content (AvgIpc) is 2.36. The molecule has 22 heavy (non-hydrogen) atoms. The van der Waals surface area contributed by atoms with E-state index in [0.717, 1.165) is 4.90 Å². The standard InChI is InChI=1S/C15H20N2O5/c1-15(2,3)22-14(21)17(10-7-5-4-6-8-10)11(13(19)20)9-12(16)18/h4-8,11H,9H2,1-3H3,(H2,16,18)(H,19,20)/t11-/m0/s1. The van der Waals surface area contributed by atoms with Crippen LogP contribution in [-0.4, -0.2) is 34.7 Å². The number of carbonyl (C=O) groups excluding carboxylic acids is 2. The van der Waals surface area contributed by atoms with Gasteiger partial charge in [-0.15, -0.1) is 0 Å². The van der Waals surface area contributed by atoms with E-state index in [1.807, 2.05) is 0 Å². The van der Waals surface area contributed by atoms with Gasteiger partial charge >= 0.3 is 12.1 Å². The summed E-state index contributed by atoms with van der Waals surface area (Å²) < 4.78 is 5.24. The Kier molecular flexibility index (Phi) is 5.50. The Labute approximate surface area is 128 Å². The van der Waals surface area contributed by atoms with Gasteiger partial charge < -0.3 is 15.6 Å². The topological polar surface area (TPSA) is 110 Å². The van der Waals surface area contributed by atoms with Crippen LogP contribution < -0.4 is 10.6 Å². The summed E-state index contributed by atoms with van der Waals surface area (Å²) in [6, 6.07) is 6.70. The van der Waals surface area contributed by atoms with Crippen LogP contribution in [0.3, 0.4) is 0 Å². The van der Waals surface area contributed by atoms with Gasteiger partial charge in [-0.05, 0) is 32.9 Å². The SMILES string of the molecule is CC(C)(C)OC(=O)N(c1ccccc1)[C@@H](CC(N)=O)C(=O)O. The molecule has 0 fully saturated rings. The van der Waals surface area contributed by atoms with E-state index >= 15 is 0 Å². The van der Waals surface area contributed by atoms with Crippen LogP contribution in [0.1, 0.15) is 27.2 Å². The van der Waals surface area contributed by atoms with Crippen LogP contribution in [0.4, 0.5) is 10.5 Å². The van der Waals surface area contributed by atoms with Gasteiger partial charge in [0.25, 0.3) is 0 Å². The number of nitrogens with zero attached hydrogens (tertiary/aromatic N) is 1. The van der Waals surface area contributed by atoms with Crippen LogP contribution in [0.2, 0.25) is 0 Å². The summed E-state index contributed by atoms with van der Waals surface area (Å²) in [5, 5.41) is 9.34. The monoisotopic (exact) mass is 308 g/mol. The lowest BCUT2D eigenvalue weighted by Gasteiger charge is -2.31. The molecule has 1 rings (SSSR count). The van der Waals surface area contributed by atoms with Gasteiger partial charge in [0.2, 0.25) is 5.91 Å². The third-order valence-corrected chi connectivity index (χ3v) is 2.62. The molecular weight excluding hydrogens is 288 g/mol. The van der Waals surface area contributed by atoms with E-state index in [9.17, 15) is 19.5 Å². The van der Waals surface area contributed by atoms with Crippen molar-refractivity contribution in [2.24, 2.45) is 5.73 Å². The first-order chi connectivity index (χ1) is 10.1. The van der Waals surface area contributed by atoms with Crippen LogP contribution in [0.15, 0.2) is 30.3 Å². The van der Waals surface area contributed by atoms with E-state index in [4.69, 9.17) is 10.5 Å². The van der Waals surface area contributed by atoms with Crippen molar-refractivity contribution in [1.82, 2.24) is 0 Å². The lowest BCUT2D eigenvalue weighted by Crippen LogP contribution is -2.49. The predicted octanol–water partition coefficient (Wildman–Crippen LogP) is 1.76. The summed E-state index contributed by atoms with van der Waals surface area (Å²) in [5.41, 5.74) is 4.60. The zero-order valence-corrected chi connectivity index (χ0v) is 12.8. The summed E-state index contributed by atoms with van der Waals surface area (Å²) in [6.45, 7) is 4.99. The second-order valence-corrected chi connectivity index (χ2v) is 5.71. The van der Waals surface area contributed by atoms with Gasteiger partial charge in [-0.2, -0.15) is 0 Å². The first-order valence-electron chi connectivity index (χ1n) is 6.70. The van der Waals surface area contributed by atoms with Crippen LogP contribution in [0.5, 0.6) is 0 Å². The lowest BCUT2D eigenvalue weighted by molar-refractivity contribution is -0.140. The van der Waals surface area contributed by atoms with Gasteiger partial charge in [0.1, 0.15) is 11.6 Å². The Morgan fingerprint density at radius 3 is 2.18 bits per heavy atom. The number of nitrogens with two attached hydrogens (primary N) is 1. The van der Waals surface area contributed by atoms with Crippen LogP contribution in [0, 0.1) is 0 Å². The van der Waals surface area contributed by atoms with Crippen molar-refractivity contribution in [3.8, 4) is 0 Å². The number of primary amides is 1. The highest BCUT2D eigenvalue weighted by atomic mass is 16.6. The number of rotatable bonds is 5. The number of ether oxygens (including phenoxy) is 1. The average molecular weight is 308 g/mol. The van der Waals surface area contributed by atoms with Crippen molar-refractivity contribution >= 4 is 23.7 Å². The fraction of sp³-hybridized carbons (Fsp3) is 0.400. The normalized spacial score (nSPS) is 12.3. The maximum Gasteiger partial charge on any atom is 0.415 e. The number of carbonyl (C=O) groups is 3. The Balaban J connectivity index is 3.23. The third-order valence-electron chi connectivity index (χ3n) is 2.62. The Bertz CT molecular complexity index is 551. The van der Waals surface area contributed by atoms with Crippen molar-refractivity contribution in [3.63, 3.8) is 0 Å². The molecule has 0 aliphatic rings. The second kappa shape index (κ2) is 6.93. The maximum atomic E-state index is 12.4. The zero-order chi connectivity index (χ0) is 16.9. The van der Waals surface area contributed by atoms with Crippen LogP contribution >= 0.6 is 0 Å². The number of hydrogen-bond donors (Lipinski definition) is 2. The predicted molar refractivity (Wildman–Crippen MR) is 80.4 cm³/mol. The summed E-state index contributed by atoms with van der Waals surface area (Å²) in [5.74, 6) is -2.16. The van der Waals surface area contributed by atoms with E-state index in [-0.39, 0.29) is 0 Å². The fourth-order valence-corrected chi connectivity index (χ4v) is 1.79. The molecule has 7 heteroatoms. The molecule has 3 N–H and O–H groups in total. The minimum atomic E-state index is -1.44. The van der Waals surface area contributed by atoms with Gasteiger partial charge in [-0.25, -0.2) is 9.59 Å². The Hall–Kier alpha value is -2.57. The van der Waals surface area contributed by atoms with E-state index in [2.05, 4.69) is 0 Å². The van der Waals surface area contributed by atoms with Gasteiger partial charge in [-0.1, -0.05) is 18.2 Å². The fourth-order valence-electron chi connectivity index (χ4n) is 1.79. The molecule has 0 aliphatic carbocycles. The van der Waals surface area contributed by atoms with Crippen molar-refractivity contribution < 1.29 is 24.2 Å². The number of carboxylic acid groups (broad SMARTS) is 1. The quantitative estimate of drug-likeness (QED) is 0.861. The smallest absolute Gasteiger partial charge is 0.415 e. The number of anilines is 1.